The largest absolute Gasteiger partial charge is 0.376 e. The average Bonchev–Trinajstić information content (AvgIpc) is 3.62. The summed E-state index contributed by atoms with van der Waals surface area (Å²) in [5, 5.41) is 10.3. The minimum Gasteiger partial charge on any atom is -0.376 e. The first-order valence-electron chi connectivity index (χ1n) is 12.7. The van der Waals surface area contributed by atoms with Crippen LogP contribution in [0, 0.1) is 0 Å². The van der Waals surface area contributed by atoms with Crippen LogP contribution in [0.5, 0.6) is 0 Å². The number of imidazole rings is 1. The number of hydrogen-bond acceptors (Lipinski definition) is 7. The standard InChI is InChI=1S/C27H33FN8O2/c1-6-21-23(32-25-20(8-7-11-36(21)25)30-19-10-12-34(5)16-18(19)28)24-31-22(38-33-24)14-29-26(37)17-9-13-35(15-17)27(2,3)4/h6-9,11,13,15,18-19,30H,1,10,12,14,16H2,2-5H3,(H,29,37)/t18-,19+/m0/s1. The van der Waals surface area contributed by atoms with Crippen molar-refractivity contribution >= 4 is 23.3 Å². The number of carbonyl (C=O) groups excluding carboxylic acids is 1. The lowest BCUT2D eigenvalue weighted by Gasteiger charge is -2.33. The number of pyridine rings is 1. The summed E-state index contributed by atoms with van der Waals surface area (Å²) < 4.78 is 23.9. The summed E-state index contributed by atoms with van der Waals surface area (Å²) in [6.45, 7) is 11.4. The van der Waals surface area contributed by atoms with Crippen LogP contribution in [-0.2, 0) is 12.1 Å². The first-order valence-corrected chi connectivity index (χ1v) is 12.7. The molecule has 1 aliphatic heterocycles. The highest BCUT2D eigenvalue weighted by Crippen LogP contribution is 2.28. The van der Waals surface area contributed by atoms with Gasteiger partial charge in [0.1, 0.15) is 11.9 Å². The summed E-state index contributed by atoms with van der Waals surface area (Å²) in [5.74, 6) is 0.295. The molecular formula is C27H33FN8O2. The van der Waals surface area contributed by atoms with E-state index in [4.69, 9.17) is 9.51 Å². The lowest BCUT2D eigenvalue weighted by Crippen LogP contribution is -2.46. The van der Waals surface area contributed by atoms with Gasteiger partial charge in [0.25, 0.3) is 5.91 Å². The Morgan fingerprint density at radius 3 is 2.82 bits per heavy atom. The van der Waals surface area contributed by atoms with Crippen molar-refractivity contribution in [3.8, 4) is 11.5 Å². The Morgan fingerprint density at radius 1 is 1.29 bits per heavy atom. The Hall–Kier alpha value is -3.99. The van der Waals surface area contributed by atoms with Crippen molar-refractivity contribution in [3.05, 3.63) is 60.5 Å². The number of alkyl halides is 1. The molecule has 0 aliphatic carbocycles. The van der Waals surface area contributed by atoms with Crippen LogP contribution >= 0.6 is 0 Å². The van der Waals surface area contributed by atoms with Crippen molar-refractivity contribution in [2.45, 2.75) is 51.5 Å². The van der Waals surface area contributed by atoms with E-state index in [0.717, 1.165) is 12.2 Å². The van der Waals surface area contributed by atoms with Gasteiger partial charge in [0, 0.05) is 37.2 Å². The minimum absolute atomic E-state index is 0.0736. The van der Waals surface area contributed by atoms with Gasteiger partial charge in [-0.25, -0.2) is 9.37 Å². The van der Waals surface area contributed by atoms with Gasteiger partial charge in [-0.15, -0.1) is 0 Å². The van der Waals surface area contributed by atoms with Gasteiger partial charge in [0.2, 0.25) is 11.7 Å². The molecule has 1 aliphatic rings. The van der Waals surface area contributed by atoms with Gasteiger partial charge in [0.05, 0.1) is 29.5 Å². The van der Waals surface area contributed by atoms with Crippen LogP contribution in [0.4, 0.5) is 10.1 Å². The van der Waals surface area contributed by atoms with E-state index < -0.39 is 6.17 Å². The van der Waals surface area contributed by atoms with Gasteiger partial charge in [0.15, 0.2) is 5.65 Å². The van der Waals surface area contributed by atoms with E-state index >= 15 is 0 Å². The van der Waals surface area contributed by atoms with Crippen molar-refractivity contribution in [1.82, 2.24) is 34.3 Å². The number of rotatable bonds is 7. The van der Waals surface area contributed by atoms with Crippen LogP contribution in [0.25, 0.3) is 23.2 Å². The van der Waals surface area contributed by atoms with E-state index in [1.54, 1.807) is 12.1 Å². The van der Waals surface area contributed by atoms with Crippen LogP contribution in [0.15, 0.2) is 47.9 Å². The van der Waals surface area contributed by atoms with Gasteiger partial charge >= 0.3 is 0 Å². The van der Waals surface area contributed by atoms with Crippen molar-refractivity contribution in [3.63, 3.8) is 0 Å². The summed E-state index contributed by atoms with van der Waals surface area (Å²) in [6.07, 6.45) is 6.93. The molecule has 0 bridgehead atoms. The lowest BCUT2D eigenvalue weighted by molar-refractivity contribution is 0.0946. The Kier molecular flexibility index (Phi) is 6.78. The predicted octanol–water partition coefficient (Wildman–Crippen LogP) is 3.97. The molecule has 0 unspecified atom stereocenters. The molecule has 1 saturated heterocycles. The molecule has 5 heterocycles. The maximum atomic E-state index is 14.7. The zero-order chi connectivity index (χ0) is 27.0. The fraction of sp³-hybridized carbons (Fsp3) is 0.407. The van der Waals surface area contributed by atoms with Crippen molar-refractivity contribution in [1.29, 1.82) is 0 Å². The number of nitrogens with zero attached hydrogens (tertiary/aromatic N) is 6. The monoisotopic (exact) mass is 520 g/mol. The van der Waals surface area contributed by atoms with E-state index in [1.165, 1.54) is 0 Å². The second-order valence-corrected chi connectivity index (χ2v) is 10.7. The van der Waals surface area contributed by atoms with Crippen molar-refractivity contribution < 1.29 is 13.7 Å². The van der Waals surface area contributed by atoms with Crippen LogP contribution in [0.1, 0.15) is 49.1 Å². The number of nitrogens with one attached hydrogen (secondary N) is 2. The predicted molar refractivity (Wildman–Crippen MR) is 144 cm³/mol. The maximum absolute atomic E-state index is 14.7. The number of fused-ring (bicyclic) bond motifs is 1. The van der Waals surface area contributed by atoms with Crippen molar-refractivity contribution in [2.75, 3.05) is 25.5 Å². The van der Waals surface area contributed by atoms with E-state index in [1.807, 2.05) is 51.6 Å². The molecule has 0 saturated carbocycles. The minimum atomic E-state index is -0.982. The molecule has 11 heteroatoms. The fourth-order valence-electron chi connectivity index (χ4n) is 4.61. The Balaban J connectivity index is 1.34. The molecular weight excluding hydrogens is 487 g/mol. The third-order valence-electron chi connectivity index (χ3n) is 6.78. The smallest absolute Gasteiger partial charge is 0.253 e. The summed E-state index contributed by atoms with van der Waals surface area (Å²) in [4.78, 5) is 23.8. The van der Waals surface area contributed by atoms with Gasteiger partial charge in [-0.2, -0.15) is 4.98 Å². The SMILES string of the molecule is C=Cc1c(-c2noc(CNC(=O)c3ccn(C(C)(C)C)c3)n2)nc2c(N[C@@H]3CCN(C)C[C@@H]3F)cccn12. The summed E-state index contributed by atoms with van der Waals surface area (Å²) in [5.41, 5.74) is 2.94. The van der Waals surface area contributed by atoms with Crippen LogP contribution in [0.3, 0.4) is 0 Å². The molecule has 5 rings (SSSR count). The topological polar surface area (TPSA) is 106 Å². The molecule has 1 amide bonds. The zero-order valence-electron chi connectivity index (χ0n) is 22.1. The molecule has 0 radical (unpaired) electrons. The van der Waals surface area contributed by atoms with Gasteiger partial charge in [-0.05, 0) is 58.5 Å². The van der Waals surface area contributed by atoms with E-state index in [0.29, 0.717) is 35.6 Å². The van der Waals surface area contributed by atoms with Crippen LogP contribution in [0.2, 0.25) is 0 Å². The maximum Gasteiger partial charge on any atom is 0.253 e. The molecule has 2 atom stereocenters. The van der Waals surface area contributed by atoms with Gasteiger partial charge < -0.3 is 24.6 Å². The first-order chi connectivity index (χ1) is 18.1. The number of carbonyl (C=O) groups is 1. The molecule has 0 aromatic carbocycles. The highest BCUT2D eigenvalue weighted by atomic mass is 19.1. The van der Waals surface area contributed by atoms with Gasteiger partial charge in [-0.3, -0.25) is 9.20 Å². The Morgan fingerprint density at radius 2 is 2.11 bits per heavy atom. The zero-order valence-corrected chi connectivity index (χ0v) is 22.1. The highest BCUT2D eigenvalue weighted by Gasteiger charge is 2.28. The second-order valence-electron chi connectivity index (χ2n) is 10.7. The number of halogens is 1. The number of amides is 1. The summed E-state index contributed by atoms with van der Waals surface area (Å²) in [7, 11) is 1.93. The Bertz CT molecular complexity index is 1460. The van der Waals surface area contributed by atoms with Crippen LogP contribution < -0.4 is 10.6 Å². The van der Waals surface area contributed by atoms with E-state index in [2.05, 4.69) is 48.1 Å². The van der Waals surface area contributed by atoms with Gasteiger partial charge in [-0.1, -0.05) is 11.7 Å². The van der Waals surface area contributed by atoms with Crippen LogP contribution in [-0.4, -0.2) is 67.3 Å². The molecule has 1 fully saturated rings. The molecule has 0 spiro atoms. The molecule has 4 aromatic heterocycles. The third kappa shape index (κ3) is 5.06. The number of likely N-dealkylation sites (tertiary alicyclic amines) is 1. The molecule has 10 nitrogen and oxygen atoms in total. The molecule has 4 aromatic rings. The number of piperidine rings is 1. The number of hydrogen-bond donors (Lipinski definition) is 2. The van der Waals surface area contributed by atoms with Crippen molar-refractivity contribution in [2.24, 2.45) is 0 Å². The highest BCUT2D eigenvalue weighted by molar-refractivity contribution is 5.94. The third-order valence-corrected chi connectivity index (χ3v) is 6.78. The molecule has 200 valence electrons. The Labute approximate surface area is 220 Å². The number of anilines is 1. The lowest BCUT2D eigenvalue weighted by atomic mass is 10.0. The average molecular weight is 521 g/mol. The first kappa shape index (κ1) is 25.7. The quantitative estimate of drug-likeness (QED) is 0.380. The summed E-state index contributed by atoms with van der Waals surface area (Å²) >= 11 is 0. The second kappa shape index (κ2) is 10.1. The summed E-state index contributed by atoms with van der Waals surface area (Å²) in [6, 6.07) is 5.23. The number of aromatic nitrogens is 5. The fourth-order valence-corrected chi connectivity index (χ4v) is 4.61. The van der Waals surface area contributed by atoms with E-state index in [-0.39, 0.29) is 35.7 Å². The normalized spacial score (nSPS) is 18.6. The van der Waals surface area contributed by atoms with E-state index in [9.17, 15) is 9.18 Å². The molecule has 2 N–H and O–H groups in total. The molecule has 38 heavy (non-hydrogen) atoms.